The Balaban J connectivity index is 0.00000200. The molecule has 0 amide bonds. The van der Waals surface area contributed by atoms with Gasteiger partial charge >= 0.3 is 0 Å². The lowest BCUT2D eigenvalue weighted by Gasteiger charge is -2.15. The van der Waals surface area contributed by atoms with Gasteiger partial charge in [0.2, 0.25) is 0 Å². The van der Waals surface area contributed by atoms with Crippen LogP contribution in [-0.2, 0) is 16.4 Å². The quantitative estimate of drug-likeness (QED) is 0.434. The minimum absolute atomic E-state index is 0. The minimum atomic E-state index is -2.86. The van der Waals surface area contributed by atoms with Gasteiger partial charge in [0.15, 0.2) is 15.8 Å². The molecule has 2 rings (SSSR count). The van der Waals surface area contributed by atoms with Crippen LogP contribution in [-0.4, -0.2) is 38.5 Å². The van der Waals surface area contributed by atoms with Crippen LogP contribution in [0.2, 0.25) is 0 Å². The zero-order valence-corrected chi connectivity index (χ0v) is 15.3. The number of sulfone groups is 1. The predicted octanol–water partition coefficient (Wildman–Crippen LogP) is 1.61. The maximum atomic E-state index is 11.4. The van der Waals surface area contributed by atoms with E-state index in [0.29, 0.717) is 18.9 Å². The zero-order chi connectivity index (χ0) is 13.7. The Bertz CT molecular complexity index is 529. The fourth-order valence-electron chi connectivity index (χ4n) is 1.98. The van der Waals surface area contributed by atoms with Crippen LogP contribution in [0, 0.1) is 0 Å². The summed E-state index contributed by atoms with van der Waals surface area (Å²) in [5.74, 6) is 1.17. The Morgan fingerprint density at radius 2 is 2.35 bits per heavy atom. The van der Waals surface area contributed by atoms with Crippen LogP contribution in [0.3, 0.4) is 0 Å². The molecule has 8 heteroatoms. The number of guanidine groups is 1. The second-order valence-electron chi connectivity index (χ2n) is 4.52. The van der Waals surface area contributed by atoms with Gasteiger partial charge in [-0.05, 0) is 24.8 Å². The van der Waals surface area contributed by atoms with Crippen molar-refractivity contribution < 1.29 is 8.42 Å². The van der Waals surface area contributed by atoms with Crippen molar-refractivity contribution >= 4 is 51.1 Å². The van der Waals surface area contributed by atoms with E-state index in [1.54, 1.807) is 11.3 Å². The number of rotatable bonds is 4. The number of nitrogens with one attached hydrogen (secondary N) is 2. The van der Waals surface area contributed by atoms with Gasteiger partial charge in [0.05, 0.1) is 18.1 Å². The summed E-state index contributed by atoms with van der Waals surface area (Å²) in [6.07, 6.45) is 0.658. The Kier molecular flexibility index (Phi) is 7.24. The summed E-state index contributed by atoms with van der Waals surface area (Å²) in [6, 6.07) is 4.02. The standard InChI is InChI=1S/C12H19N3O2S2.HI/c1-2-13-12(14-8-11-4-3-6-18-11)15-10-5-7-19(16,17)9-10;/h3-4,6,10H,2,5,7-9H2,1H3,(H2,13,14,15);1H. The number of halogens is 1. The molecular formula is C12H20IN3O2S2. The third-order valence-corrected chi connectivity index (χ3v) is 5.52. The molecule has 0 aromatic carbocycles. The van der Waals surface area contributed by atoms with Gasteiger partial charge in [-0.3, -0.25) is 0 Å². The van der Waals surface area contributed by atoms with E-state index in [0.717, 1.165) is 6.54 Å². The SMILES string of the molecule is CCNC(=NCc1cccs1)NC1CCS(=O)(=O)C1.I. The first-order chi connectivity index (χ1) is 9.09. The Morgan fingerprint density at radius 3 is 2.90 bits per heavy atom. The lowest BCUT2D eigenvalue weighted by Crippen LogP contribution is -2.44. The molecule has 20 heavy (non-hydrogen) atoms. The molecule has 0 aliphatic carbocycles. The van der Waals surface area contributed by atoms with E-state index < -0.39 is 9.84 Å². The third kappa shape index (κ3) is 5.57. The fourth-order valence-corrected chi connectivity index (χ4v) is 4.28. The van der Waals surface area contributed by atoms with Gasteiger partial charge in [-0.2, -0.15) is 0 Å². The number of aliphatic imine (C=N–C) groups is 1. The summed E-state index contributed by atoms with van der Waals surface area (Å²) in [6.45, 7) is 3.37. The summed E-state index contributed by atoms with van der Waals surface area (Å²) >= 11 is 1.67. The van der Waals surface area contributed by atoms with E-state index in [2.05, 4.69) is 15.6 Å². The fraction of sp³-hybridized carbons (Fsp3) is 0.583. The van der Waals surface area contributed by atoms with E-state index in [9.17, 15) is 8.42 Å². The van der Waals surface area contributed by atoms with E-state index in [1.165, 1.54) is 4.88 Å². The third-order valence-electron chi connectivity index (χ3n) is 2.89. The van der Waals surface area contributed by atoms with Crippen LogP contribution >= 0.6 is 35.3 Å². The van der Waals surface area contributed by atoms with Gasteiger partial charge in [0.1, 0.15) is 0 Å². The predicted molar refractivity (Wildman–Crippen MR) is 94.7 cm³/mol. The van der Waals surface area contributed by atoms with Crippen molar-refractivity contribution in [3.63, 3.8) is 0 Å². The van der Waals surface area contributed by atoms with Crippen molar-refractivity contribution in [2.45, 2.75) is 25.9 Å². The molecular weight excluding hydrogens is 409 g/mol. The topological polar surface area (TPSA) is 70.6 Å². The van der Waals surface area contributed by atoms with Crippen LogP contribution in [0.25, 0.3) is 0 Å². The van der Waals surface area contributed by atoms with Crippen molar-refractivity contribution in [1.29, 1.82) is 0 Å². The second kappa shape index (κ2) is 8.18. The highest BCUT2D eigenvalue weighted by molar-refractivity contribution is 14.0. The van der Waals surface area contributed by atoms with Gasteiger partial charge in [0, 0.05) is 17.5 Å². The monoisotopic (exact) mass is 429 g/mol. The first-order valence-electron chi connectivity index (χ1n) is 6.37. The van der Waals surface area contributed by atoms with Crippen LogP contribution in [0.15, 0.2) is 22.5 Å². The first kappa shape index (κ1) is 17.7. The molecule has 1 aliphatic rings. The summed E-state index contributed by atoms with van der Waals surface area (Å²) < 4.78 is 22.9. The highest BCUT2D eigenvalue weighted by Gasteiger charge is 2.28. The molecule has 0 saturated carbocycles. The summed E-state index contributed by atoms with van der Waals surface area (Å²) in [5, 5.41) is 8.37. The number of hydrogen-bond donors (Lipinski definition) is 2. The van der Waals surface area contributed by atoms with Crippen molar-refractivity contribution in [2.75, 3.05) is 18.1 Å². The molecule has 1 aromatic rings. The van der Waals surface area contributed by atoms with Crippen LogP contribution in [0.5, 0.6) is 0 Å². The Morgan fingerprint density at radius 1 is 1.55 bits per heavy atom. The number of nitrogens with zero attached hydrogens (tertiary/aromatic N) is 1. The molecule has 0 spiro atoms. The van der Waals surface area contributed by atoms with E-state index in [1.807, 2.05) is 24.4 Å². The molecule has 1 fully saturated rings. The lowest BCUT2D eigenvalue weighted by molar-refractivity contribution is 0.599. The highest BCUT2D eigenvalue weighted by atomic mass is 127. The van der Waals surface area contributed by atoms with Crippen molar-refractivity contribution in [3.8, 4) is 0 Å². The maximum Gasteiger partial charge on any atom is 0.191 e. The molecule has 114 valence electrons. The molecule has 2 heterocycles. The molecule has 1 atom stereocenters. The normalized spacial score (nSPS) is 21.2. The average Bonchev–Trinajstić information content (AvgIpc) is 2.96. The van der Waals surface area contributed by atoms with Crippen molar-refractivity contribution in [3.05, 3.63) is 22.4 Å². The van der Waals surface area contributed by atoms with E-state index >= 15 is 0 Å². The zero-order valence-electron chi connectivity index (χ0n) is 11.3. The van der Waals surface area contributed by atoms with Crippen molar-refractivity contribution in [2.24, 2.45) is 4.99 Å². The van der Waals surface area contributed by atoms with E-state index in [-0.39, 0.29) is 41.5 Å². The van der Waals surface area contributed by atoms with Crippen LogP contribution in [0.4, 0.5) is 0 Å². The summed E-state index contributed by atoms with van der Waals surface area (Å²) in [4.78, 5) is 5.67. The minimum Gasteiger partial charge on any atom is -0.357 e. The molecule has 1 saturated heterocycles. The number of thiophene rings is 1. The molecule has 2 N–H and O–H groups in total. The molecule has 1 aromatic heterocycles. The lowest BCUT2D eigenvalue weighted by atomic mass is 10.3. The van der Waals surface area contributed by atoms with Gasteiger partial charge < -0.3 is 10.6 Å². The van der Waals surface area contributed by atoms with Gasteiger partial charge in [-0.15, -0.1) is 35.3 Å². The molecule has 0 radical (unpaired) electrons. The molecule has 0 bridgehead atoms. The number of hydrogen-bond acceptors (Lipinski definition) is 4. The highest BCUT2D eigenvalue weighted by Crippen LogP contribution is 2.12. The second-order valence-corrected chi connectivity index (χ2v) is 7.78. The molecule has 5 nitrogen and oxygen atoms in total. The average molecular weight is 429 g/mol. The molecule has 1 aliphatic heterocycles. The Hall–Kier alpha value is -0.350. The van der Waals surface area contributed by atoms with Crippen molar-refractivity contribution in [1.82, 2.24) is 10.6 Å². The molecule has 1 unspecified atom stereocenters. The maximum absolute atomic E-state index is 11.4. The van der Waals surface area contributed by atoms with Gasteiger partial charge in [0.25, 0.3) is 0 Å². The van der Waals surface area contributed by atoms with Gasteiger partial charge in [-0.1, -0.05) is 6.07 Å². The first-order valence-corrected chi connectivity index (χ1v) is 9.07. The largest absolute Gasteiger partial charge is 0.357 e. The van der Waals surface area contributed by atoms with Crippen LogP contribution < -0.4 is 10.6 Å². The Labute approximate surface area is 141 Å². The summed E-state index contributed by atoms with van der Waals surface area (Å²) in [7, 11) is -2.86. The smallest absolute Gasteiger partial charge is 0.191 e. The van der Waals surface area contributed by atoms with Gasteiger partial charge in [-0.25, -0.2) is 13.4 Å². The van der Waals surface area contributed by atoms with Crippen LogP contribution in [0.1, 0.15) is 18.2 Å². The van der Waals surface area contributed by atoms with E-state index in [4.69, 9.17) is 0 Å². The summed E-state index contributed by atoms with van der Waals surface area (Å²) in [5.41, 5.74) is 0.